The molecule has 0 aliphatic carbocycles. The van der Waals surface area contributed by atoms with Gasteiger partial charge in [0.05, 0.1) is 30.0 Å². The molecule has 4 rings (SSSR count). The molecule has 0 saturated heterocycles. The standard InChI is InChI=1S/C25H20ClFN2O4/c1-3-33-19-11-4-15(5-12-19)22-23(28-17-8-13-21(32-2)20(26)14-17)25(31)29(24(22)30)18-9-6-16(27)7-10-18/h4-14,28H,3H2,1-2H3. The predicted molar refractivity (Wildman–Crippen MR) is 125 cm³/mol. The summed E-state index contributed by atoms with van der Waals surface area (Å²) in [6, 6.07) is 17.0. The summed E-state index contributed by atoms with van der Waals surface area (Å²) < 4.78 is 24.1. The fourth-order valence-corrected chi connectivity index (χ4v) is 3.77. The first-order valence-electron chi connectivity index (χ1n) is 10.2. The number of hydrogen-bond acceptors (Lipinski definition) is 5. The van der Waals surface area contributed by atoms with Gasteiger partial charge in [-0.2, -0.15) is 0 Å². The molecule has 0 atom stereocenters. The van der Waals surface area contributed by atoms with E-state index >= 15 is 0 Å². The Labute approximate surface area is 195 Å². The van der Waals surface area contributed by atoms with Crippen molar-refractivity contribution in [3.8, 4) is 11.5 Å². The second-order valence-electron chi connectivity index (χ2n) is 7.10. The quantitative estimate of drug-likeness (QED) is 0.480. The minimum Gasteiger partial charge on any atom is -0.495 e. The first-order valence-corrected chi connectivity index (χ1v) is 10.5. The van der Waals surface area contributed by atoms with Crippen LogP contribution in [-0.4, -0.2) is 25.5 Å². The van der Waals surface area contributed by atoms with Gasteiger partial charge in [0.15, 0.2) is 0 Å². The Morgan fingerprint density at radius 3 is 2.27 bits per heavy atom. The van der Waals surface area contributed by atoms with Gasteiger partial charge in [0.2, 0.25) is 0 Å². The third-order valence-electron chi connectivity index (χ3n) is 5.04. The summed E-state index contributed by atoms with van der Waals surface area (Å²) in [5.74, 6) is -0.445. The minimum absolute atomic E-state index is 0.0784. The van der Waals surface area contributed by atoms with Crippen molar-refractivity contribution in [1.29, 1.82) is 0 Å². The van der Waals surface area contributed by atoms with E-state index in [4.69, 9.17) is 21.1 Å². The predicted octanol–water partition coefficient (Wildman–Crippen LogP) is 5.28. The van der Waals surface area contributed by atoms with E-state index in [0.29, 0.717) is 34.4 Å². The van der Waals surface area contributed by atoms with Gasteiger partial charge in [-0.05, 0) is 67.1 Å². The number of carbonyl (C=O) groups is 2. The molecular formula is C25H20ClFN2O4. The number of carbonyl (C=O) groups excluding carboxylic acids is 2. The van der Waals surface area contributed by atoms with Crippen molar-refractivity contribution in [1.82, 2.24) is 0 Å². The number of halogens is 2. The molecule has 1 aliphatic heterocycles. The molecule has 0 spiro atoms. The zero-order chi connectivity index (χ0) is 23.5. The number of amides is 2. The Bertz CT molecular complexity index is 1240. The molecular weight excluding hydrogens is 447 g/mol. The summed E-state index contributed by atoms with van der Waals surface area (Å²) in [4.78, 5) is 27.8. The minimum atomic E-state index is -0.567. The monoisotopic (exact) mass is 466 g/mol. The second-order valence-corrected chi connectivity index (χ2v) is 7.51. The van der Waals surface area contributed by atoms with Crippen LogP contribution in [0.5, 0.6) is 11.5 Å². The third kappa shape index (κ3) is 4.40. The molecule has 2 amide bonds. The van der Waals surface area contributed by atoms with E-state index in [-0.39, 0.29) is 17.0 Å². The van der Waals surface area contributed by atoms with Crippen LogP contribution in [0.15, 0.2) is 72.4 Å². The number of hydrogen-bond donors (Lipinski definition) is 1. The maximum Gasteiger partial charge on any atom is 0.282 e. The first kappa shape index (κ1) is 22.4. The van der Waals surface area contributed by atoms with Crippen molar-refractivity contribution in [2.24, 2.45) is 0 Å². The highest BCUT2D eigenvalue weighted by Crippen LogP contribution is 2.35. The molecule has 33 heavy (non-hydrogen) atoms. The molecule has 1 N–H and O–H groups in total. The molecule has 1 heterocycles. The zero-order valence-corrected chi connectivity index (χ0v) is 18.7. The van der Waals surface area contributed by atoms with E-state index in [1.54, 1.807) is 42.5 Å². The zero-order valence-electron chi connectivity index (χ0n) is 17.9. The van der Waals surface area contributed by atoms with Crippen LogP contribution in [0.1, 0.15) is 12.5 Å². The van der Waals surface area contributed by atoms with Crippen LogP contribution in [-0.2, 0) is 9.59 Å². The lowest BCUT2D eigenvalue weighted by Crippen LogP contribution is -2.32. The van der Waals surface area contributed by atoms with Crippen molar-refractivity contribution < 1.29 is 23.5 Å². The Hall–Kier alpha value is -3.84. The number of methoxy groups -OCH3 is 1. The van der Waals surface area contributed by atoms with Crippen molar-refractivity contribution in [3.05, 3.63) is 88.8 Å². The van der Waals surface area contributed by atoms with Gasteiger partial charge in [0, 0.05) is 5.69 Å². The highest BCUT2D eigenvalue weighted by Gasteiger charge is 2.40. The number of anilines is 2. The fraction of sp³-hybridized carbons (Fsp3) is 0.120. The molecule has 0 bridgehead atoms. The smallest absolute Gasteiger partial charge is 0.282 e. The molecule has 0 radical (unpaired) electrons. The normalized spacial score (nSPS) is 13.5. The van der Waals surface area contributed by atoms with E-state index in [1.165, 1.54) is 31.4 Å². The Kier molecular flexibility index (Phi) is 6.33. The lowest BCUT2D eigenvalue weighted by molar-refractivity contribution is -0.120. The Morgan fingerprint density at radius 1 is 0.970 bits per heavy atom. The first-order chi connectivity index (χ1) is 15.9. The molecule has 0 unspecified atom stereocenters. The number of nitrogens with zero attached hydrogens (tertiary/aromatic N) is 1. The van der Waals surface area contributed by atoms with Crippen molar-refractivity contribution in [2.45, 2.75) is 6.92 Å². The van der Waals surface area contributed by atoms with Crippen molar-refractivity contribution >= 4 is 40.4 Å². The summed E-state index contributed by atoms with van der Waals surface area (Å²) in [5.41, 5.74) is 1.55. The van der Waals surface area contributed by atoms with Crippen LogP contribution in [0.2, 0.25) is 5.02 Å². The van der Waals surface area contributed by atoms with Crippen LogP contribution in [0.25, 0.3) is 5.57 Å². The molecule has 3 aromatic carbocycles. The van der Waals surface area contributed by atoms with E-state index in [9.17, 15) is 14.0 Å². The number of ether oxygens (including phenoxy) is 2. The van der Waals surface area contributed by atoms with Gasteiger partial charge in [-0.1, -0.05) is 23.7 Å². The third-order valence-corrected chi connectivity index (χ3v) is 5.34. The van der Waals surface area contributed by atoms with Crippen LogP contribution in [0.3, 0.4) is 0 Å². The topological polar surface area (TPSA) is 67.9 Å². The Balaban J connectivity index is 1.78. The summed E-state index contributed by atoms with van der Waals surface area (Å²) in [5, 5.41) is 3.38. The van der Waals surface area contributed by atoms with Gasteiger partial charge < -0.3 is 14.8 Å². The van der Waals surface area contributed by atoms with Gasteiger partial charge >= 0.3 is 0 Å². The fourth-order valence-electron chi connectivity index (χ4n) is 3.51. The molecule has 0 fully saturated rings. The Morgan fingerprint density at radius 2 is 1.67 bits per heavy atom. The molecule has 6 nitrogen and oxygen atoms in total. The van der Waals surface area contributed by atoms with Crippen molar-refractivity contribution in [2.75, 3.05) is 23.9 Å². The van der Waals surface area contributed by atoms with Gasteiger partial charge in [-0.3, -0.25) is 9.59 Å². The van der Waals surface area contributed by atoms with Crippen LogP contribution < -0.4 is 19.7 Å². The van der Waals surface area contributed by atoms with E-state index in [2.05, 4.69) is 5.32 Å². The largest absolute Gasteiger partial charge is 0.495 e. The van der Waals surface area contributed by atoms with Crippen molar-refractivity contribution in [3.63, 3.8) is 0 Å². The molecule has 168 valence electrons. The highest BCUT2D eigenvalue weighted by molar-refractivity contribution is 6.46. The van der Waals surface area contributed by atoms with Gasteiger partial charge in [-0.25, -0.2) is 9.29 Å². The lowest BCUT2D eigenvalue weighted by Gasteiger charge is -2.15. The lowest BCUT2D eigenvalue weighted by atomic mass is 10.0. The van der Waals surface area contributed by atoms with Gasteiger partial charge in [0.25, 0.3) is 11.8 Å². The SMILES string of the molecule is CCOc1ccc(C2=C(Nc3ccc(OC)c(Cl)c3)C(=O)N(c3ccc(F)cc3)C2=O)cc1. The summed E-state index contributed by atoms with van der Waals surface area (Å²) >= 11 is 6.23. The summed E-state index contributed by atoms with van der Waals surface area (Å²) in [6.45, 7) is 2.38. The highest BCUT2D eigenvalue weighted by atomic mass is 35.5. The number of benzene rings is 3. The van der Waals surface area contributed by atoms with Gasteiger partial charge in [0.1, 0.15) is 23.0 Å². The average Bonchev–Trinajstić information content (AvgIpc) is 3.05. The maximum atomic E-state index is 13.4. The average molecular weight is 467 g/mol. The van der Waals surface area contributed by atoms with Crippen LogP contribution >= 0.6 is 11.6 Å². The van der Waals surface area contributed by atoms with E-state index in [1.807, 2.05) is 6.92 Å². The van der Waals surface area contributed by atoms with Crippen LogP contribution in [0.4, 0.5) is 15.8 Å². The van der Waals surface area contributed by atoms with E-state index in [0.717, 1.165) is 4.90 Å². The number of nitrogens with one attached hydrogen (secondary N) is 1. The molecule has 0 aromatic heterocycles. The summed E-state index contributed by atoms with van der Waals surface area (Å²) in [7, 11) is 1.50. The molecule has 1 aliphatic rings. The van der Waals surface area contributed by atoms with Crippen LogP contribution in [0, 0.1) is 5.82 Å². The second kappa shape index (κ2) is 9.34. The molecule has 8 heteroatoms. The van der Waals surface area contributed by atoms with E-state index < -0.39 is 17.6 Å². The number of rotatable bonds is 7. The van der Waals surface area contributed by atoms with Gasteiger partial charge in [-0.15, -0.1) is 0 Å². The molecule has 0 saturated carbocycles. The number of imide groups is 1. The molecule has 3 aromatic rings. The summed E-state index contributed by atoms with van der Waals surface area (Å²) in [6.07, 6.45) is 0. The maximum absolute atomic E-state index is 13.4.